The van der Waals surface area contributed by atoms with Gasteiger partial charge in [0.25, 0.3) is 0 Å². The number of hydrogen-bond donors (Lipinski definition) is 0. The Bertz CT molecular complexity index is 334. The van der Waals surface area contributed by atoms with Crippen molar-refractivity contribution in [3.63, 3.8) is 0 Å². The lowest BCUT2D eigenvalue weighted by atomic mass is 9.79. The van der Waals surface area contributed by atoms with Gasteiger partial charge in [-0.1, -0.05) is 39.5 Å². The summed E-state index contributed by atoms with van der Waals surface area (Å²) in [5.41, 5.74) is -0.409. The van der Waals surface area contributed by atoms with Crippen LogP contribution in [0.25, 0.3) is 0 Å². The van der Waals surface area contributed by atoms with Gasteiger partial charge in [-0.15, -0.1) is 0 Å². The van der Waals surface area contributed by atoms with E-state index in [1.54, 1.807) is 0 Å². The Morgan fingerprint density at radius 2 is 1.71 bits per heavy atom. The van der Waals surface area contributed by atoms with Crippen LogP contribution in [0.5, 0.6) is 0 Å². The average Bonchev–Trinajstić information content (AvgIpc) is 2.56. The summed E-state index contributed by atoms with van der Waals surface area (Å²) in [6.45, 7) is 5.40. The third-order valence-corrected chi connectivity index (χ3v) is 5.45. The summed E-state index contributed by atoms with van der Waals surface area (Å²) in [7, 11) is 0. The van der Waals surface area contributed by atoms with E-state index >= 15 is 0 Å². The molecule has 120 valence electrons. The van der Waals surface area contributed by atoms with Gasteiger partial charge in [0.05, 0.1) is 19.3 Å². The molecule has 2 fully saturated rings. The highest BCUT2D eigenvalue weighted by Gasteiger charge is 2.39. The molecule has 1 saturated heterocycles. The van der Waals surface area contributed by atoms with Crippen molar-refractivity contribution in [1.29, 1.82) is 5.26 Å². The maximum Gasteiger partial charge on any atom is 0.160 e. The largest absolute Gasteiger partial charge is 0.351 e. The van der Waals surface area contributed by atoms with Gasteiger partial charge < -0.3 is 9.47 Å². The van der Waals surface area contributed by atoms with Crippen LogP contribution in [-0.4, -0.2) is 19.5 Å². The highest BCUT2D eigenvalue weighted by molar-refractivity contribution is 5.00. The van der Waals surface area contributed by atoms with Gasteiger partial charge in [-0.25, -0.2) is 0 Å². The normalized spacial score (nSPS) is 37.1. The minimum Gasteiger partial charge on any atom is -0.351 e. The number of rotatable bonds is 6. The SMILES string of the molecule is CCCCC[C@H]1CC[C@H]([C@H]2OC[C@](C#N)(CC)CO2)CC1. The van der Waals surface area contributed by atoms with Crippen LogP contribution in [0.15, 0.2) is 0 Å². The minimum absolute atomic E-state index is 0.0605. The lowest BCUT2D eigenvalue weighted by Crippen LogP contribution is -2.44. The van der Waals surface area contributed by atoms with Crippen LogP contribution in [0.2, 0.25) is 0 Å². The van der Waals surface area contributed by atoms with Crippen molar-refractivity contribution in [3.05, 3.63) is 0 Å². The predicted molar refractivity (Wildman–Crippen MR) is 83.6 cm³/mol. The van der Waals surface area contributed by atoms with Crippen molar-refractivity contribution in [2.45, 2.75) is 77.9 Å². The molecule has 1 aliphatic heterocycles. The molecule has 2 rings (SSSR count). The van der Waals surface area contributed by atoms with Gasteiger partial charge in [0.1, 0.15) is 5.41 Å². The van der Waals surface area contributed by atoms with Crippen molar-refractivity contribution in [2.24, 2.45) is 17.3 Å². The monoisotopic (exact) mass is 293 g/mol. The van der Waals surface area contributed by atoms with Gasteiger partial charge in [-0.3, -0.25) is 0 Å². The lowest BCUT2D eigenvalue weighted by molar-refractivity contribution is -0.243. The van der Waals surface area contributed by atoms with Crippen molar-refractivity contribution in [3.8, 4) is 6.07 Å². The molecule has 2 aliphatic rings. The number of unbranched alkanes of at least 4 members (excludes halogenated alkanes) is 2. The topological polar surface area (TPSA) is 42.2 Å². The van der Waals surface area contributed by atoms with Crippen LogP contribution in [0, 0.1) is 28.6 Å². The van der Waals surface area contributed by atoms with Crippen molar-refractivity contribution < 1.29 is 9.47 Å². The third kappa shape index (κ3) is 4.44. The fourth-order valence-corrected chi connectivity index (χ4v) is 3.63. The molecule has 1 saturated carbocycles. The van der Waals surface area contributed by atoms with E-state index in [0.29, 0.717) is 19.1 Å². The van der Waals surface area contributed by atoms with Crippen molar-refractivity contribution >= 4 is 0 Å². The second-order valence-corrected chi connectivity index (χ2v) is 7.01. The van der Waals surface area contributed by atoms with Crippen LogP contribution in [-0.2, 0) is 9.47 Å². The Hall–Kier alpha value is -0.590. The molecule has 0 spiro atoms. The van der Waals surface area contributed by atoms with E-state index in [1.165, 1.54) is 51.4 Å². The summed E-state index contributed by atoms with van der Waals surface area (Å²) in [5, 5.41) is 9.27. The van der Waals surface area contributed by atoms with Crippen molar-refractivity contribution in [2.75, 3.05) is 13.2 Å². The molecule has 21 heavy (non-hydrogen) atoms. The molecule has 0 atom stereocenters. The molecular weight excluding hydrogens is 262 g/mol. The number of ether oxygens (including phenoxy) is 2. The molecule has 3 nitrogen and oxygen atoms in total. The van der Waals surface area contributed by atoms with E-state index in [-0.39, 0.29) is 6.29 Å². The summed E-state index contributed by atoms with van der Waals surface area (Å²) >= 11 is 0. The molecule has 0 aromatic heterocycles. The summed E-state index contributed by atoms with van der Waals surface area (Å²) in [6, 6.07) is 2.38. The first-order valence-corrected chi connectivity index (χ1v) is 8.87. The molecule has 0 aromatic carbocycles. The molecule has 3 heteroatoms. The Morgan fingerprint density at radius 1 is 1.05 bits per heavy atom. The molecule has 0 bridgehead atoms. The van der Waals surface area contributed by atoms with Gasteiger partial charge in [0.15, 0.2) is 6.29 Å². The van der Waals surface area contributed by atoms with Gasteiger partial charge in [0.2, 0.25) is 0 Å². The number of nitrogens with zero attached hydrogens (tertiary/aromatic N) is 1. The zero-order valence-corrected chi connectivity index (χ0v) is 13.8. The first kappa shape index (κ1) is 16.8. The highest BCUT2D eigenvalue weighted by atomic mass is 16.7. The average molecular weight is 293 g/mol. The zero-order valence-electron chi connectivity index (χ0n) is 13.8. The van der Waals surface area contributed by atoms with Crippen LogP contribution < -0.4 is 0 Å². The van der Waals surface area contributed by atoms with Gasteiger partial charge in [-0.2, -0.15) is 5.26 Å². The minimum atomic E-state index is -0.409. The summed E-state index contributed by atoms with van der Waals surface area (Å²) in [4.78, 5) is 0. The molecule has 1 heterocycles. The Balaban J connectivity index is 1.71. The summed E-state index contributed by atoms with van der Waals surface area (Å²) in [6.07, 6.45) is 11.3. The van der Waals surface area contributed by atoms with E-state index in [9.17, 15) is 5.26 Å². The maximum absolute atomic E-state index is 9.27. The Kier molecular flexibility index (Phi) is 6.51. The summed E-state index contributed by atoms with van der Waals surface area (Å²) < 4.78 is 11.8. The lowest BCUT2D eigenvalue weighted by Gasteiger charge is -2.40. The smallest absolute Gasteiger partial charge is 0.160 e. The molecule has 1 aliphatic carbocycles. The van der Waals surface area contributed by atoms with E-state index in [4.69, 9.17) is 9.47 Å². The first-order chi connectivity index (χ1) is 10.2. The van der Waals surface area contributed by atoms with Crippen LogP contribution in [0.1, 0.15) is 71.6 Å². The number of nitriles is 1. The van der Waals surface area contributed by atoms with Gasteiger partial charge in [-0.05, 0) is 38.0 Å². The van der Waals surface area contributed by atoms with E-state index < -0.39 is 5.41 Å². The zero-order chi connectivity index (χ0) is 15.1. The van der Waals surface area contributed by atoms with Gasteiger partial charge in [0, 0.05) is 5.92 Å². The van der Waals surface area contributed by atoms with Crippen LogP contribution >= 0.6 is 0 Å². The third-order valence-electron chi connectivity index (χ3n) is 5.45. The molecule has 0 radical (unpaired) electrons. The van der Waals surface area contributed by atoms with E-state index in [1.807, 2.05) is 6.92 Å². The van der Waals surface area contributed by atoms with Gasteiger partial charge >= 0.3 is 0 Å². The van der Waals surface area contributed by atoms with Crippen molar-refractivity contribution in [1.82, 2.24) is 0 Å². The maximum atomic E-state index is 9.27. The first-order valence-electron chi connectivity index (χ1n) is 8.87. The quantitative estimate of drug-likeness (QED) is 0.668. The van der Waals surface area contributed by atoms with E-state index in [2.05, 4.69) is 13.0 Å². The standard InChI is InChI=1S/C18H31NO2/c1-3-5-6-7-15-8-10-16(11-9-15)17-20-13-18(4-2,12-19)14-21-17/h15-17H,3-11,13-14H2,1-2H3/t15-,16-,17-,18+. The highest BCUT2D eigenvalue weighted by Crippen LogP contribution is 2.38. The summed E-state index contributed by atoms with van der Waals surface area (Å²) in [5.74, 6) is 1.46. The van der Waals surface area contributed by atoms with E-state index in [0.717, 1.165) is 12.3 Å². The second kappa shape index (κ2) is 8.15. The Morgan fingerprint density at radius 3 is 2.24 bits per heavy atom. The Labute approximate surface area is 130 Å². The second-order valence-electron chi connectivity index (χ2n) is 7.01. The van der Waals surface area contributed by atoms with Crippen LogP contribution in [0.3, 0.4) is 0 Å². The molecular formula is C18H31NO2. The fourth-order valence-electron chi connectivity index (χ4n) is 3.63. The molecule has 0 amide bonds. The predicted octanol–water partition coefficient (Wildman–Crippen LogP) is 4.67. The fraction of sp³-hybridized carbons (Fsp3) is 0.944. The molecule has 0 unspecified atom stereocenters. The number of hydrogen-bond acceptors (Lipinski definition) is 3. The molecule has 0 N–H and O–H groups in total. The molecule has 0 aromatic rings. The van der Waals surface area contributed by atoms with Crippen LogP contribution in [0.4, 0.5) is 0 Å².